The molecule has 1 N–H and O–H groups in total. The normalized spacial score (nSPS) is 19.7. The molecule has 8 nitrogen and oxygen atoms in total. The third kappa shape index (κ3) is 3.89. The Balaban J connectivity index is 1.77. The molecule has 1 unspecified atom stereocenters. The van der Waals surface area contributed by atoms with Crippen molar-refractivity contribution in [2.75, 3.05) is 49.6 Å². The Bertz CT molecular complexity index is 983. The highest BCUT2D eigenvalue weighted by atomic mass is 19.1. The molecule has 0 saturated carbocycles. The van der Waals surface area contributed by atoms with Crippen LogP contribution < -0.4 is 10.2 Å². The van der Waals surface area contributed by atoms with Gasteiger partial charge in [0.15, 0.2) is 0 Å². The second-order valence-corrected chi connectivity index (χ2v) is 7.64. The molecule has 3 heterocycles. The number of amides is 2. The van der Waals surface area contributed by atoms with Crippen LogP contribution >= 0.6 is 0 Å². The van der Waals surface area contributed by atoms with Gasteiger partial charge in [-0.3, -0.25) is 9.59 Å². The lowest BCUT2D eigenvalue weighted by atomic mass is 10.1. The zero-order valence-corrected chi connectivity index (χ0v) is 17.1. The van der Waals surface area contributed by atoms with Crippen molar-refractivity contribution >= 4 is 34.5 Å². The number of ether oxygens (including phenoxy) is 1. The molecule has 0 bridgehead atoms. The summed E-state index contributed by atoms with van der Waals surface area (Å²) in [5.74, 6) is 0.0752. The highest BCUT2D eigenvalue weighted by molar-refractivity contribution is 6.09. The Kier molecular flexibility index (Phi) is 5.72. The summed E-state index contributed by atoms with van der Waals surface area (Å²) in [6.07, 6.45) is 1.62. The first-order valence-electron chi connectivity index (χ1n) is 10.2. The van der Waals surface area contributed by atoms with Gasteiger partial charge in [0.1, 0.15) is 6.17 Å². The molecule has 1 atom stereocenters. The van der Waals surface area contributed by atoms with Crippen LogP contribution in [0.5, 0.6) is 0 Å². The first-order chi connectivity index (χ1) is 14.5. The summed E-state index contributed by atoms with van der Waals surface area (Å²) >= 11 is 0. The van der Waals surface area contributed by atoms with E-state index in [-0.39, 0.29) is 5.91 Å². The van der Waals surface area contributed by atoms with E-state index < -0.39 is 12.1 Å². The van der Waals surface area contributed by atoms with Crippen molar-refractivity contribution in [1.29, 1.82) is 0 Å². The number of nitrogens with zero attached hydrogens (tertiary/aromatic N) is 4. The number of piperidine rings is 1. The summed E-state index contributed by atoms with van der Waals surface area (Å²) in [5, 5.41) is 2.73. The Labute approximate surface area is 174 Å². The Morgan fingerprint density at radius 3 is 2.77 bits per heavy atom. The molecule has 2 aromatic rings. The summed E-state index contributed by atoms with van der Waals surface area (Å²) in [6, 6.07) is 3.45. The van der Waals surface area contributed by atoms with E-state index >= 15 is 0 Å². The van der Waals surface area contributed by atoms with Gasteiger partial charge in [-0.1, -0.05) is 6.58 Å². The van der Waals surface area contributed by atoms with Crippen molar-refractivity contribution in [3.63, 3.8) is 0 Å². The van der Waals surface area contributed by atoms with E-state index in [0.29, 0.717) is 62.0 Å². The molecule has 9 heteroatoms. The minimum Gasteiger partial charge on any atom is -0.378 e. The van der Waals surface area contributed by atoms with Crippen molar-refractivity contribution in [2.24, 2.45) is 7.05 Å². The SMILES string of the molecule is C=CC(=O)Nc1cc2nc(N3CCCC(F)C3)n(C)c2cc1C(=O)N1CCOCC1. The number of aromatic nitrogens is 2. The van der Waals surface area contributed by atoms with Gasteiger partial charge in [-0.15, -0.1) is 0 Å². The van der Waals surface area contributed by atoms with E-state index in [1.54, 1.807) is 17.0 Å². The molecule has 2 saturated heterocycles. The zero-order chi connectivity index (χ0) is 21.3. The van der Waals surface area contributed by atoms with Crippen molar-refractivity contribution in [1.82, 2.24) is 14.5 Å². The van der Waals surface area contributed by atoms with E-state index in [1.165, 1.54) is 0 Å². The second kappa shape index (κ2) is 8.43. The predicted octanol–water partition coefficient (Wildman–Crippen LogP) is 2.11. The largest absolute Gasteiger partial charge is 0.378 e. The molecule has 1 aromatic heterocycles. The van der Waals surface area contributed by atoms with Crippen LogP contribution in [-0.2, 0) is 16.6 Å². The molecule has 2 aliphatic rings. The summed E-state index contributed by atoms with van der Waals surface area (Å²) in [5.41, 5.74) is 2.15. The lowest BCUT2D eigenvalue weighted by Gasteiger charge is -2.29. The number of nitrogens with one attached hydrogen (secondary N) is 1. The summed E-state index contributed by atoms with van der Waals surface area (Å²) in [7, 11) is 1.86. The number of fused-ring (bicyclic) bond motifs is 1. The molecular formula is C21H26FN5O3. The molecule has 0 radical (unpaired) electrons. The number of hydrogen-bond donors (Lipinski definition) is 1. The van der Waals surface area contributed by atoms with Crippen LogP contribution in [0.4, 0.5) is 16.0 Å². The number of anilines is 2. The van der Waals surface area contributed by atoms with Gasteiger partial charge in [0, 0.05) is 26.7 Å². The maximum Gasteiger partial charge on any atom is 0.256 e. The van der Waals surface area contributed by atoms with Crippen LogP contribution in [0.15, 0.2) is 24.8 Å². The highest BCUT2D eigenvalue weighted by Gasteiger charge is 2.26. The quantitative estimate of drug-likeness (QED) is 0.774. The van der Waals surface area contributed by atoms with Crippen LogP contribution in [0.25, 0.3) is 11.0 Å². The Hall–Kier alpha value is -2.94. The first kappa shape index (κ1) is 20.3. The zero-order valence-electron chi connectivity index (χ0n) is 17.1. The van der Waals surface area contributed by atoms with Gasteiger partial charge < -0.3 is 24.4 Å². The molecule has 2 amide bonds. The standard InChI is InChI=1S/C21H26FN5O3/c1-3-19(28)23-16-12-17-18(11-15(16)20(29)26-7-9-30-10-8-26)25(2)21(24-17)27-6-4-5-14(22)13-27/h3,11-12,14H,1,4-10,13H2,2H3,(H,23,28). The van der Waals surface area contributed by atoms with Gasteiger partial charge in [0.25, 0.3) is 5.91 Å². The molecule has 0 spiro atoms. The number of carbonyl (C=O) groups is 2. The van der Waals surface area contributed by atoms with Gasteiger partial charge in [0.2, 0.25) is 11.9 Å². The summed E-state index contributed by atoms with van der Waals surface area (Å²) < 4.78 is 21.1. The molecular weight excluding hydrogens is 389 g/mol. The average Bonchev–Trinajstić information content (AvgIpc) is 3.08. The number of rotatable bonds is 4. The van der Waals surface area contributed by atoms with Crippen LogP contribution in [0.3, 0.4) is 0 Å². The van der Waals surface area contributed by atoms with E-state index in [2.05, 4.69) is 16.9 Å². The van der Waals surface area contributed by atoms with Crippen molar-refractivity contribution in [3.8, 4) is 0 Å². The maximum atomic E-state index is 13.9. The van der Waals surface area contributed by atoms with Gasteiger partial charge in [-0.05, 0) is 31.1 Å². The molecule has 160 valence electrons. The number of morpholine rings is 1. The third-order valence-electron chi connectivity index (χ3n) is 5.62. The molecule has 2 fully saturated rings. The predicted molar refractivity (Wildman–Crippen MR) is 113 cm³/mol. The van der Waals surface area contributed by atoms with Crippen molar-refractivity contribution in [2.45, 2.75) is 19.0 Å². The van der Waals surface area contributed by atoms with Crippen LogP contribution in [-0.4, -0.2) is 71.8 Å². The number of imidazole rings is 1. The van der Waals surface area contributed by atoms with Crippen LogP contribution in [0.2, 0.25) is 0 Å². The van der Waals surface area contributed by atoms with E-state index in [0.717, 1.165) is 24.6 Å². The van der Waals surface area contributed by atoms with Gasteiger partial charge >= 0.3 is 0 Å². The number of carbonyl (C=O) groups excluding carboxylic acids is 2. The minimum absolute atomic E-state index is 0.177. The van der Waals surface area contributed by atoms with Crippen molar-refractivity contribution < 1.29 is 18.7 Å². The number of alkyl halides is 1. The van der Waals surface area contributed by atoms with Crippen LogP contribution in [0, 0.1) is 0 Å². The topological polar surface area (TPSA) is 79.7 Å². The summed E-state index contributed by atoms with van der Waals surface area (Å²) in [4.78, 5) is 33.5. The van der Waals surface area contributed by atoms with E-state index in [1.807, 2.05) is 16.5 Å². The van der Waals surface area contributed by atoms with E-state index in [4.69, 9.17) is 4.74 Å². The maximum absolute atomic E-state index is 13.9. The lowest BCUT2D eigenvalue weighted by molar-refractivity contribution is -0.111. The monoisotopic (exact) mass is 415 g/mol. The number of aryl methyl sites for hydroxylation is 1. The molecule has 4 rings (SSSR count). The Morgan fingerprint density at radius 1 is 1.30 bits per heavy atom. The third-order valence-corrected chi connectivity index (χ3v) is 5.62. The lowest BCUT2D eigenvalue weighted by Crippen LogP contribution is -2.41. The average molecular weight is 415 g/mol. The number of halogens is 1. The molecule has 0 aliphatic carbocycles. The fourth-order valence-corrected chi connectivity index (χ4v) is 4.02. The molecule has 1 aromatic carbocycles. The minimum atomic E-state index is -0.875. The summed E-state index contributed by atoms with van der Waals surface area (Å²) in [6.45, 7) is 6.48. The number of hydrogen-bond acceptors (Lipinski definition) is 5. The Morgan fingerprint density at radius 2 is 2.07 bits per heavy atom. The highest BCUT2D eigenvalue weighted by Crippen LogP contribution is 2.30. The fourth-order valence-electron chi connectivity index (χ4n) is 4.02. The van der Waals surface area contributed by atoms with Crippen LogP contribution in [0.1, 0.15) is 23.2 Å². The molecule has 2 aliphatic heterocycles. The van der Waals surface area contributed by atoms with Gasteiger partial charge in [0.05, 0.1) is 42.0 Å². The fraction of sp³-hybridized carbons (Fsp3) is 0.476. The van der Waals surface area contributed by atoms with Gasteiger partial charge in [-0.2, -0.15) is 0 Å². The van der Waals surface area contributed by atoms with Crippen molar-refractivity contribution in [3.05, 3.63) is 30.4 Å². The smallest absolute Gasteiger partial charge is 0.256 e. The molecule has 30 heavy (non-hydrogen) atoms. The number of benzene rings is 1. The van der Waals surface area contributed by atoms with Gasteiger partial charge in [-0.25, -0.2) is 9.37 Å². The van der Waals surface area contributed by atoms with E-state index in [9.17, 15) is 14.0 Å². The second-order valence-electron chi connectivity index (χ2n) is 7.64. The first-order valence-corrected chi connectivity index (χ1v) is 10.2.